The highest BCUT2D eigenvalue weighted by Crippen LogP contribution is 2.04. The zero-order valence-corrected chi connectivity index (χ0v) is 8.90. The normalized spacial score (nSPS) is 15.4. The lowest BCUT2D eigenvalue weighted by Gasteiger charge is -1.94. The van der Waals surface area contributed by atoms with Gasteiger partial charge in [0.1, 0.15) is 0 Å². The molecular weight excluding hydrogens is 170 g/mol. The van der Waals surface area contributed by atoms with Crippen molar-refractivity contribution < 1.29 is 0 Å². The standard InChI is InChI=1S/C13H17N/c1-12(2)9-10-14-11-13-7-5-3-4-6-8-13/h3-5,7-10H,6,11H2,1-2H3. The molecule has 0 heterocycles. The third-order valence-electron chi connectivity index (χ3n) is 1.86. The molecule has 0 unspecified atom stereocenters. The van der Waals surface area contributed by atoms with Gasteiger partial charge in [-0.15, -0.1) is 0 Å². The molecule has 0 bridgehead atoms. The molecule has 0 radical (unpaired) electrons. The van der Waals surface area contributed by atoms with Crippen LogP contribution in [0.4, 0.5) is 0 Å². The maximum absolute atomic E-state index is 4.33. The predicted molar refractivity (Wildman–Crippen MR) is 63.8 cm³/mol. The Hall–Kier alpha value is -1.37. The Labute approximate surface area is 86.2 Å². The van der Waals surface area contributed by atoms with Crippen LogP contribution in [-0.4, -0.2) is 12.8 Å². The molecule has 1 heteroatoms. The molecule has 0 aromatic carbocycles. The van der Waals surface area contributed by atoms with Crippen molar-refractivity contribution in [2.75, 3.05) is 6.54 Å². The van der Waals surface area contributed by atoms with Crippen molar-refractivity contribution in [1.29, 1.82) is 0 Å². The van der Waals surface area contributed by atoms with E-state index in [1.807, 2.05) is 12.3 Å². The fourth-order valence-corrected chi connectivity index (χ4v) is 1.10. The van der Waals surface area contributed by atoms with E-state index in [2.05, 4.69) is 49.2 Å². The number of nitrogens with zero attached hydrogens (tertiary/aromatic N) is 1. The molecule has 1 aliphatic carbocycles. The molecular formula is C13H17N. The lowest BCUT2D eigenvalue weighted by molar-refractivity contribution is 1.17. The first kappa shape index (κ1) is 10.7. The summed E-state index contributed by atoms with van der Waals surface area (Å²) in [6.45, 7) is 4.92. The zero-order valence-electron chi connectivity index (χ0n) is 8.90. The van der Waals surface area contributed by atoms with Gasteiger partial charge in [-0.3, -0.25) is 4.99 Å². The molecule has 0 aliphatic heterocycles. The Morgan fingerprint density at radius 1 is 1.43 bits per heavy atom. The minimum Gasteiger partial charge on any atom is -0.288 e. The van der Waals surface area contributed by atoms with Crippen molar-refractivity contribution >= 4 is 6.21 Å². The fourth-order valence-electron chi connectivity index (χ4n) is 1.10. The third kappa shape index (κ3) is 4.61. The second kappa shape index (κ2) is 6.14. The monoisotopic (exact) mass is 187 g/mol. The SMILES string of the molecule is CC(C)=CC=NCC1=CCC=CC=C1. The number of hydrogen-bond donors (Lipinski definition) is 0. The third-order valence-corrected chi connectivity index (χ3v) is 1.86. The van der Waals surface area contributed by atoms with Gasteiger partial charge in [-0.25, -0.2) is 0 Å². The van der Waals surface area contributed by atoms with Gasteiger partial charge in [-0.2, -0.15) is 0 Å². The van der Waals surface area contributed by atoms with Crippen LogP contribution < -0.4 is 0 Å². The van der Waals surface area contributed by atoms with Crippen molar-refractivity contribution in [2.24, 2.45) is 4.99 Å². The van der Waals surface area contributed by atoms with E-state index in [0.717, 1.165) is 13.0 Å². The van der Waals surface area contributed by atoms with E-state index in [1.54, 1.807) is 0 Å². The van der Waals surface area contributed by atoms with Gasteiger partial charge in [0.05, 0.1) is 6.54 Å². The Kier molecular flexibility index (Phi) is 4.70. The summed E-state index contributed by atoms with van der Waals surface area (Å²) in [6.07, 6.45) is 15.5. The molecule has 0 aromatic heterocycles. The van der Waals surface area contributed by atoms with Crippen LogP contribution >= 0.6 is 0 Å². The second-order valence-electron chi connectivity index (χ2n) is 3.54. The highest BCUT2D eigenvalue weighted by molar-refractivity contribution is 5.72. The number of hydrogen-bond acceptors (Lipinski definition) is 1. The number of aliphatic imine (C=N–C) groups is 1. The summed E-state index contributed by atoms with van der Waals surface area (Å²) in [6, 6.07) is 0. The predicted octanol–water partition coefficient (Wildman–Crippen LogP) is 3.47. The summed E-state index contributed by atoms with van der Waals surface area (Å²) < 4.78 is 0. The molecule has 1 nitrogen and oxygen atoms in total. The van der Waals surface area contributed by atoms with Crippen LogP contribution in [0.25, 0.3) is 0 Å². The van der Waals surface area contributed by atoms with Gasteiger partial charge in [-0.1, -0.05) is 36.0 Å². The summed E-state index contributed by atoms with van der Waals surface area (Å²) in [7, 11) is 0. The molecule has 14 heavy (non-hydrogen) atoms. The lowest BCUT2D eigenvalue weighted by Crippen LogP contribution is -1.84. The molecule has 0 aromatic rings. The van der Waals surface area contributed by atoms with E-state index in [4.69, 9.17) is 0 Å². The van der Waals surface area contributed by atoms with Crippen LogP contribution in [-0.2, 0) is 0 Å². The first-order valence-electron chi connectivity index (χ1n) is 4.94. The minimum atomic E-state index is 0.780. The Morgan fingerprint density at radius 2 is 2.29 bits per heavy atom. The Morgan fingerprint density at radius 3 is 3.07 bits per heavy atom. The maximum atomic E-state index is 4.33. The molecule has 74 valence electrons. The van der Waals surface area contributed by atoms with Gasteiger partial charge in [0.25, 0.3) is 0 Å². The molecule has 0 saturated heterocycles. The molecule has 0 amide bonds. The van der Waals surface area contributed by atoms with Crippen LogP contribution in [0.5, 0.6) is 0 Å². The molecule has 0 N–H and O–H groups in total. The average molecular weight is 187 g/mol. The van der Waals surface area contributed by atoms with Crippen LogP contribution in [0.1, 0.15) is 20.3 Å². The van der Waals surface area contributed by atoms with E-state index in [-0.39, 0.29) is 0 Å². The van der Waals surface area contributed by atoms with Crippen molar-refractivity contribution in [3.8, 4) is 0 Å². The lowest BCUT2D eigenvalue weighted by atomic mass is 10.2. The van der Waals surface area contributed by atoms with E-state index in [1.165, 1.54) is 11.1 Å². The summed E-state index contributed by atoms with van der Waals surface area (Å²) in [5, 5.41) is 0. The Balaban J connectivity index is 2.42. The highest BCUT2D eigenvalue weighted by Gasteiger charge is 1.90. The highest BCUT2D eigenvalue weighted by atomic mass is 14.7. The van der Waals surface area contributed by atoms with Gasteiger partial charge < -0.3 is 0 Å². The summed E-state index contributed by atoms with van der Waals surface area (Å²) >= 11 is 0. The number of rotatable bonds is 3. The molecule has 0 spiro atoms. The molecule has 0 atom stereocenters. The molecule has 1 aliphatic rings. The smallest absolute Gasteiger partial charge is 0.0636 e. The summed E-state index contributed by atoms with van der Waals surface area (Å²) in [4.78, 5) is 4.33. The van der Waals surface area contributed by atoms with Crippen molar-refractivity contribution in [2.45, 2.75) is 20.3 Å². The topological polar surface area (TPSA) is 12.4 Å². The summed E-state index contributed by atoms with van der Waals surface area (Å²) in [5.74, 6) is 0. The van der Waals surface area contributed by atoms with Crippen LogP contribution in [0.2, 0.25) is 0 Å². The van der Waals surface area contributed by atoms with E-state index < -0.39 is 0 Å². The quantitative estimate of drug-likeness (QED) is 0.600. The summed E-state index contributed by atoms with van der Waals surface area (Å²) in [5.41, 5.74) is 2.56. The van der Waals surface area contributed by atoms with Gasteiger partial charge >= 0.3 is 0 Å². The molecule has 0 saturated carbocycles. The molecule has 0 fully saturated rings. The zero-order chi connectivity index (χ0) is 10.2. The van der Waals surface area contributed by atoms with Gasteiger partial charge in [-0.05, 0) is 31.9 Å². The van der Waals surface area contributed by atoms with Crippen molar-refractivity contribution in [3.05, 3.63) is 47.6 Å². The van der Waals surface area contributed by atoms with E-state index in [9.17, 15) is 0 Å². The average Bonchev–Trinajstić information content (AvgIpc) is 2.40. The van der Waals surface area contributed by atoms with Crippen molar-refractivity contribution in [1.82, 2.24) is 0 Å². The van der Waals surface area contributed by atoms with Gasteiger partial charge in [0.15, 0.2) is 0 Å². The maximum Gasteiger partial charge on any atom is 0.0636 e. The molecule has 1 rings (SSSR count). The van der Waals surface area contributed by atoms with Gasteiger partial charge in [0, 0.05) is 6.21 Å². The van der Waals surface area contributed by atoms with Crippen LogP contribution in [0, 0.1) is 0 Å². The van der Waals surface area contributed by atoms with Crippen LogP contribution in [0.3, 0.4) is 0 Å². The van der Waals surface area contributed by atoms with Crippen molar-refractivity contribution in [3.63, 3.8) is 0 Å². The largest absolute Gasteiger partial charge is 0.288 e. The second-order valence-corrected chi connectivity index (χ2v) is 3.54. The minimum absolute atomic E-state index is 0.780. The van der Waals surface area contributed by atoms with E-state index >= 15 is 0 Å². The Bertz CT molecular complexity index is 310. The van der Waals surface area contributed by atoms with Crippen LogP contribution in [0.15, 0.2) is 52.6 Å². The first-order valence-corrected chi connectivity index (χ1v) is 4.94. The van der Waals surface area contributed by atoms with Gasteiger partial charge in [0.2, 0.25) is 0 Å². The fraction of sp³-hybridized carbons (Fsp3) is 0.308. The van der Waals surface area contributed by atoms with E-state index in [0.29, 0.717) is 0 Å². The first-order chi connectivity index (χ1) is 6.79. The number of allylic oxidation sites excluding steroid dienone is 6.